The lowest BCUT2D eigenvalue weighted by Gasteiger charge is -2.20. The molecule has 0 aromatic rings. The van der Waals surface area contributed by atoms with Gasteiger partial charge in [0.15, 0.2) is 0 Å². The van der Waals surface area contributed by atoms with Crippen molar-refractivity contribution in [2.24, 2.45) is 0 Å². The highest BCUT2D eigenvalue weighted by molar-refractivity contribution is 5.81. The molecule has 0 bridgehead atoms. The molecule has 1 rings (SSSR count). The minimum atomic E-state index is 0.0783. The Hall–Kier alpha value is -0.610. The average molecular weight is 199 g/mol. The average Bonchev–Trinajstić information content (AvgIpc) is 2.69. The Balaban J connectivity index is 2.21. The van der Waals surface area contributed by atoms with E-state index in [9.17, 15) is 4.79 Å². The zero-order valence-electron chi connectivity index (χ0n) is 9.18. The molecule has 1 aliphatic heterocycles. The van der Waals surface area contributed by atoms with Crippen molar-refractivity contribution in [2.75, 3.05) is 33.7 Å². The zero-order chi connectivity index (χ0) is 10.4. The van der Waals surface area contributed by atoms with Gasteiger partial charge in [-0.2, -0.15) is 0 Å². The Kier molecular flexibility index (Phi) is 4.90. The molecule has 4 heteroatoms. The number of hydrogen-bond acceptors (Lipinski definition) is 3. The molecule has 0 saturated carbocycles. The van der Waals surface area contributed by atoms with Gasteiger partial charge in [-0.3, -0.25) is 4.79 Å². The van der Waals surface area contributed by atoms with Gasteiger partial charge in [-0.05, 0) is 39.4 Å². The van der Waals surface area contributed by atoms with E-state index in [4.69, 9.17) is 0 Å². The molecule has 0 spiro atoms. The predicted octanol–water partition coefficient (Wildman–Crippen LogP) is -0.194. The van der Waals surface area contributed by atoms with Crippen molar-refractivity contribution in [3.8, 4) is 0 Å². The van der Waals surface area contributed by atoms with Gasteiger partial charge in [0, 0.05) is 13.6 Å². The number of nitrogens with one attached hydrogen (secondary N) is 2. The molecule has 0 aliphatic carbocycles. The third-order valence-electron chi connectivity index (χ3n) is 2.65. The highest BCUT2D eigenvalue weighted by Crippen LogP contribution is 2.07. The van der Waals surface area contributed by atoms with Gasteiger partial charge in [-0.25, -0.2) is 0 Å². The van der Waals surface area contributed by atoms with Crippen LogP contribution in [0.1, 0.15) is 19.3 Å². The summed E-state index contributed by atoms with van der Waals surface area (Å²) in [6, 6.07) is 0.0783. The predicted molar refractivity (Wildman–Crippen MR) is 57.2 cm³/mol. The number of carbonyl (C=O) groups is 1. The molecule has 1 saturated heterocycles. The Bertz CT molecular complexity index is 178. The summed E-state index contributed by atoms with van der Waals surface area (Å²) in [5.74, 6) is 0.249. The zero-order valence-corrected chi connectivity index (χ0v) is 9.18. The SMILES string of the molecule is CNCCCN(C)C(=O)[C@@H]1CCCN1. The number of rotatable bonds is 5. The molecule has 14 heavy (non-hydrogen) atoms. The molecule has 0 unspecified atom stereocenters. The van der Waals surface area contributed by atoms with E-state index in [-0.39, 0.29) is 11.9 Å². The molecule has 1 fully saturated rings. The van der Waals surface area contributed by atoms with Crippen molar-refractivity contribution in [3.63, 3.8) is 0 Å². The number of likely N-dealkylation sites (N-methyl/N-ethyl adjacent to an activating group) is 1. The van der Waals surface area contributed by atoms with Gasteiger partial charge in [0.2, 0.25) is 5.91 Å². The van der Waals surface area contributed by atoms with Crippen LogP contribution in [-0.4, -0.2) is 50.6 Å². The summed E-state index contributed by atoms with van der Waals surface area (Å²) in [7, 11) is 3.82. The summed E-state index contributed by atoms with van der Waals surface area (Å²) in [5, 5.41) is 6.30. The normalized spacial score (nSPS) is 21.1. The number of carbonyl (C=O) groups excluding carboxylic acids is 1. The molecule has 2 N–H and O–H groups in total. The second-order valence-corrected chi connectivity index (χ2v) is 3.87. The van der Waals surface area contributed by atoms with E-state index in [1.807, 2.05) is 19.0 Å². The standard InChI is InChI=1S/C10H21N3O/c1-11-6-4-8-13(2)10(14)9-5-3-7-12-9/h9,11-12H,3-8H2,1-2H3/t9-/m0/s1. The number of hydrogen-bond donors (Lipinski definition) is 2. The van der Waals surface area contributed by atoms with Crippen LogP contribution in [0.25, 0.3) is 0 Å². The molecule has 1 aliphatic rings. The van der Waals surface area contributed by atoms with E-state index in [2.05, 4.69) is 10.6 Å². The van der Waals surface area contributed by atoms with Crippen LogP contribution in [0.15, 0.2) is 0 Å². The lowest BCUT2D eigenvalue weighted by molar-refractivity contribution is -0.131. The quantitative estimate of drug-likeness (QED) is 0.603. The first-order valence-corrected chi connectivity index (χ1v) is 5.38. The van der Waals surface area contributed by atoms with Gasteiger partial charge in [-0.1, -0.05) is 0 Å². The largest absolute Gasteiger partial charge is 0.344 e. The van der Waals surface area contributed by atoms with Crippen LogP contribution in [0.2, 0.25) is 0 Å². The van der Waals surface area contributed by atoms with Crippen LogP contribution in [-0.2, 0) is 4.79 Å². The maximum absolute atomic E-state index is 11.8. The fraction of sp³-hybridized carbons (Fsp3) is 0.900. The van der Waals surface area contributed by atoms with Crippen molar-refractivity contribution in [1.82, 2.24) is 15.5 Å². The molecular formula is C10H21N3O. The molecule has 82 valence electrons. The van der Waals surface area contributed by atoms with Gasteiger partial charge in [-0.15, -0.1) is 0 Å². The summed E-state index contributed by atoms with van der Waals surface area (Å²) in [5.41, 5.74) is 0. The van der Waals surface area contributed by atoms with Crippen LogP contribution < -0.4 is 10.6 Å². The van der Waals surface area contributed by atoms with Gasteiger partial charge in [0.25, 0.3) is 0 Å². The molecule has 0 aromatic carbocycles. The van der Waals surface area contributed by atoms with E-state index < -0.39 is 0 Å². The molecule has 0 radical (unpaired) electrons. The minimum Gasteiger partial charge on any atom is -0.344 e. The molecule has 1 heterocycles. The fourth-order valence-corrected chi connectivity index (χ4v) is 1.76. The van der Waals surface area contributed by atoms with E-state index in [0.717, 1.165) is 38.9 Å². The first-order chi connectivity index (χ1) is 6.75. The maximum Gasteiger partial charge on any atom is 0.239 e. The first kappa shape index (κ1) is 11.5. The second-order valence-electron chi connectivity index (χ2n) is 3.87. The van der Waals surface area contributed by atoms with Crippen molar-refractivity contribution < 1.29 is 4.79 Å². The Labute approximate surface area is 86.0 Å². The minimum absolute atomic E-state index is 0.0783. The monoisotopic (exact) mass is 199 g/mol. The highest BCUT2D eigenvalue weighted by atomic mass is 16.2. The fourth-order valence-electron chi connectivity index (χ4n) is 1.76. The summed E-state index contributed by atoms with van der Waals surface area (Å²) >= 11 is 0. The summed E-state index contributed by atoms with van der Waals surface area (Å²) in [4.78, 5) is 13.6. The van der Waals surface area contributed by atoms with Crippen LogP contribution >= 0.6 is 0 Å². The summed E-state index contributed by atoms with van der Waals surface area (Å²) in [6.45, 7) is 2.80. The number of amides is 1. The Morgan fingerprint density at radius 3 is 3.00 bits per heavy atom. The molecular weight excluding hydrogens is 178 g/mol. The Morgan fingerprint density at radius 2 is 2.43 bits per heavy atom. The van der Waals surface area contributed by atoms with Crippen LogP contribution in [0.5, 0.6) is 0 Å². The topological polar surface area (TPSA) is 44.4 Å². The van der Waals surface area contributed by atoms with Crippen LogP contribution in [0.3, 0.4) is 0 Å². The first-order valence-electron chi connectivity index (χ1n) is 5.38. The number of nitrogens with zero attached hydrogens (tertiary/aromatic N) is 1. The van der Waals surface area contributed by atoms with Crippen molar-refractivity contribution >= 4 is 5.91 Å². The second kappa shape index (κ2) is 5.98. The van der Waals surface area contributed by atoms with Crippen molar-refractivity contribution in [2.45, 2.75) is 25.3 Å². The van der Waals surface area contributed by atoms with Gasteiger partial charge in [0.1, 0.15) is 0 Å². The van der Waals surface area contributed by atoms with Crippen molar-refractivity contribution in [3.05, 3.63) is 0 Å². The summed E-state index contributed by atoms with van der Waals surface area (Å²) in [6.07, 6.45) is 3.14. The third kappa shape index (κ3) is 3.27. The Morgan fingerprint density at radius 1 is 1.64 bits per heavy atom. The van der Waals surface area contributed by atoms with E-state index in [1.165, 1.54) is 0 Å². The van der Waals surface area contributed by atoms with Crippen molar-refractivity contribution in [1.29, 1.82) is 0 Å². The van der Waals surface area contributed by atoms with Gasteiger partial charge < -0.3 is 15.5 Å². The third-order valence-corrected chi connectivity index (χ3v) is 2.65. The highest BCUT2D eigenvalue weighted by Gasteiger charge is 2.24. The van der Waals surface area contributed by atoms with E-state index in [1.54, 1.807) is 0 Å². The van der Waals surface area contributed by atoms with Crippen LogP contribution in [0, 0.1) is 0 Å². The maximum atomic E-state index is 11.8. The van der Waals surface area contributed by atoms with E-state index >= 15 is 0 Å². The molecule has 4 nitrogen and oxygen atoms in total. The van der Waals surface area contributed by atoms with Gasteiger partial charge >= 0.3 is 0 Å². The van der Waals surface area contributed by atoms with E-state index in [0.29, 0.717) is 0 Å². The molecule has 1 amide bonds. The van der Waals surface area contributed by atoms with Crippen LogP contribution in [0.4, 0.5) is 0 Å². The molecule has 1 atom stereocenters. The smallest absolute Gasteiger partial charge is 0.239 e. The summed E-state index contributed by atoms with van der Waals surface area (Å²) < 4.78 is 0. The lowest BCUT2D eigenvalue weighted by atomic mass is 10.2. The van der Waals surface area contributed by atoms with Gasteiger partial charge in [0.05, 0.1) is 6.04 Å². The molecule has 0 aromatic heterocycles. The lowest BCUT2D eigenvalue weighted by Crippen LogP contribution is -2.42.